The lowest BCUT2D eigenvalue weighted by atomic mass is 9.68. The first-order chi connectivity index (χ1) is 24.9. The van der Waals surface area contributed by atoms with Gasteiger partial charge in [-0.1, -0.05) is 47.5 Å². The van der Waals surface area contributed by atoms with Crippen molar-refractivity contribution >= 4 is 27.4 Å². The van der Waals surface area contributed by atoms with Crippen LogP contribution in [0.4, 0.5) is 5.69 Å². The van der Waals surface area contributed by atoms with Crippen molar-refractivity contribution in [3.05, 3.63) is 82.6 Å². The van der Waals surface area contributed by atoms with Gasteiger partial charge in [-0.15, -0.1) is 4.36 Å². The molecule has 2 aliphatic carbocycles. The van der Waals surface area contributed by atoms with Crippen LogP contribution < -0.4 is 23.8 Å². The van der Waals surface area contributed by atoms with Crippen LogP contribution in [0.25, 0.3) is 0 Å². The van der Waals surface area contributed by atoms with Gasteiger partial charge in [0, 0.05) is 31.2 Å². The Hall–Kier alpha value is -4.36. The molecule has 0 saturated heterocycles. The maximum atomic E-state index is 14.6. The summed E-state index contributed by atoms with van der Waals surface area (Å²) in [5.74, 6) is -0.501. The second kappa shape index (κ2) is 14.2. The zero-order chi connectivity index (χ0) is 36.8. The third-order valence-electron chi connectivity index (χ3n) is 11.4. The second-order valence-electron chi connectivity index (χ2n) is 15.2. The Kier molecular flexibility index (Phi) is 9.85. The molecular weight excluding hydrogens is 683 g/mol. The van der Waals surface area contributed by atoms with Gasteiger partial charge >= 0.3 is 5.88 Å². The Labute approximate surface area is 306 Å². The predicted octanol–water partition coefficient (Wildman–Crippen LogP) is 4.93. The van der Waals surface area contributed by atoms with E-state index >= 15 is 0 Å². The maximum absolute atomic E-state index is 14.6. The lowest BCUT2D eigenvalue weighted by molar-refractivity contribution is -0.780. The van der Waals surface area contributed by atoms with E-state index in [0.29, 0.717) is 35.5 Å². The van der Waals surface area contributed by atoms with Crippen LogP contribution in [-0.4, -0.2) is 71.8 Å². The van der Waals surface area contributed by atoms with Gasteiger partial charge < -0.3 is 24.3 Å². The number of aryl methyl sites for hydroxylation is 3. The third kappa shape index (κ3) is 6.80. The van der Waals surface area contributed by atoms with Crippen molar-refractivity contribution < 1.29 is 37.9 Å². The molecule has 52 heavy (non-hydrogen) atoms. The Balaban J connectivity index is 1.31. The van der Waals surface area contributed by atoms with Crippen LogP contribution in [0.5, 0.6) is 11.6 Å². The van der Waals surface area contributed by atoms with Crippen LogP contribution in [0.3, 0.4) is 0 Å². The average Bonchev–Trinajstić information content (AvgIpc) is 3.30. The van der Waals surface area contributed by atoms with Gasteiger partial charge in [-0.25, -0.2) is 4.21 Å². The number of carbonyl (C=O) groups is 2. The van der Waals surface area contributed by atoms with Gasteiger partial charge in [0.2, 0.25) is 6.20 Å². The molecule has 2 aliphatic heterocycles. The zero-order valence-corrected chi connectivity index (χ0v) is 31.5. The number of rotatable bonds is 4. The number of anilines is 1. The number of benzene rings is 2. The highest BCUT2D eigenvalue weighted by Gasteiger charge is 2.44. The summed E-state index contributed by atoms with van der Waals surface area (Å²) in [4.78, 5) is 30.7. The van der Waals surface area contributed by atoms with Gasteiger partial charge in [0.05, 0.1) is 36.1 Å². The molecule has 2 bridgehead atoms. The fraction of sp³-hybridized carbons (Fsp3) is 0.513. The molecule has 1 spiro atoms. The number of fused-ring (bicyclic) bond motifs is 4. The van der Waals surface area contributed by atoms with Crippen molar-refractivity contribution in [2.75, 3.05) is 44.6 Å². The van der Waals surface area contributed by atoms with Gasteiger partial charge in [-0.2, -0.15) is 0 Å². The molecule has 2 N–H and O–H groups in total. The highest BCUT2D eigenvalue weighted by atomic mass is 32.2. The number of nitrogens with one attached hydrogen (secondary N) is 1. The van der Waals surface area contributed by atoms with Crippen molar-refractivity contribution in [2.24, 2.45) is 29.2 Å². The number of nitrogens with zero attached hydrogens (tertiary/aromatic N) is 4. The van der Waals surface area contributed by atoms with E-state index in [0.717, 1.165) is 50.9 Å². The normalized spacial score (nSPS) is 29.4. The Morgan fingerprint density at radius 2 is 2.02 bits per heavy atom. The van der Waals surface area contributed by atoms with Gasteiger partial charge in [0.15, 0.2) is 12.6 Å². The lowest BCUT2D eigenvalue weighted by Gasteiger charge is -2.46. The summed E-state index contributed by atoms with van der Waals surface area (Å²) in [7, 11) is 0.930. The van der Waals surface area contributed by atoms with E-state index < -0.39 is 21.7 Å². The zero-order valence-electron chi connectivity index (χ0n) is 30.7. The molecular formula is C39H50N5O7S+. The predicted molar refractivity (Wildman–Crippen MR) is 196 cm³/mol. The number of hydrogen-bond donors (Lipinski definition) is 2. The monoisotopic (exact) mass is 732 g/mol. The van der Waals surface area contributed by atoms with Gasteiger partial charge in [0.1, 0.15) is 15.7 Å². The lowest BCUT2D eigenvalue weighted by Crippen LogP contribution is -2.49. The van der Waals surface area contributed by atoms with Crippen LogP contribution in [0.1, 0.15) is 76.4 Å². The molecule has 4 aliphatic rings. The fourth-order valence-electron chi connectivity index (χ4n) is 8.62. The fourth-order valence-corrected chi connectivity index (χ4v) is 10.5. The van der Waals surface area contributed by atoms with E-state index in [1.165, 1.54) is 41.7 Å². The smallest absolute Gasteiger partial charge is 0.310 e. The Bertz CT molecular complexity index is 2030. The standard InChI is InChI=1S/C39H49N5O7S/c1-25-11-15-32-27(18-25)9-7-17-39(32)23-43-20-29-12-14-30(29)34(49-4)10-6-8-26(2)22-52(48,41-37(46)31-21-42(3)44(47)38(31)50-5)40-36(45)28-13-16-35(51-24-39)33(43)19-28/h6,10-11,13,15-16,18-19,21,26,29-30,34H,7-9,12,14,17,20,22-24H2,1-5H3,(H-,40,41,45,46,47,48)/p+1/b10-6+/t26-,29-,30+,34-,39-,52?/m0/s1. The molecule has 2 amide bonds. The third-order valence-corrected chi connectivity index (χ3v) is 13.4. The first-order valence-corrected chi connectivity index (χ1v) is 19.9. The van der Waals surface area contributed by atoms with E-state index in [2.05, 4.69) is 51.3 Å². The van der Waals surface area contributed by atoms with E-state index in [1.54, 1.807) is 13.2 Å². The molecule has 2 aromatic carbocycles. The van der Waals surface area contributed by atoms with Crippen LogP contribution in [0, 0.1) is 24.7 Å². The molecule has 6 atom stereocenters. The van der Waals surface area contributed by atoms with Crippen LogP contribution >= 0.6 is 0 Å². The number of allylic oxidation sites excluding steroid dienone is 1. The number of aromatic nitrogens is 2. The van der Waals surface area contributed by atoms with Crippen molar-refractivity contribution in [3.8, 4) is 11.6 Å². The number of ether oxygens (including phenoxy) is 3. The quantitative estimate of drug-likeness (QED) is 0.219. The molecule has 3 aromatic rings. The summed E-state index contributed by atoms with van der Waals surface area (Å²) in [5, 5.41) is 10.3. The van der Waals surface area contributed by atoms with Gasteiger partial charge in [0.25, 0.3) is 11.8 Å². The summed E-state index contributed by atoms with van der Waals surface area (Å²) in [6.45, 7) is 6.09. The van der Waals surface area contributed by atoms with Crippen molar-refractivity contribution in [3.63, 3.8) is 0 Å². The minimum atomic E-state index is -3.66. The molecule has 1 saturated carbocycles. The summed E-state index contributed by atoms with van der Waals surface area (Å²) in [6.07, 6.45) is 11.2. The van der Waals surface area contributed by atoms with Crippen LogP contribution in [0.2, 0.25) is 0 Å². The number of hydrogen-bond acceptors (Lipinski definition) is 8. The van der Waals surface area contributed by atoms with Gasteiger partial charge in [-0.05, 0) is 92.5 Å². The number of amides is 2. The Morgan fingerprint density at radius 1 is 1.19 bits per heavy atom. The van der Waals surface area contributed by atoms with Crippen molar-refractivity contribution in [1.82, 2.24) is 9.57 Å². The first kappa shape index (κ1) is 36.0. The maximum Gasteiger partial charge on any atom is 0.310 e. The minimum Gasteiger partial charge on any atom is -0.490 e. The number of methoxy groups -OCH3 is 2. The molecule has 1 unspecified atom stereocenters. The highest BCUT2D eigenvalue weighted by Crippen LogP contribution is 2.47. The molecule has 7 rings (SSSR count). The van der Waals surface area contributed by atoms with Crippen molar-refractivity contribution in [2.45, 2.75) is 63.9 Å². The largest absolute Gasteiger partial charge is 0.490 e. The summed E-state index contributed by atoms with van der Waals surface area (Å²) >= 11 is 0. The van der Waals surface area contributed by atoms with E-state index in [4.69, 9.17) is 14.2 Å². The van der Waals surface area contributed by atoms with Crippen molar-refractivity contribution in [1.29, 1.82) is 0 Å². The summed E-state index contributed by atoms with van der Waals surface area (Å²) in [6, 6.07) is 12.1. The molecule has 1 aromatic heterocycles. The van der Waals surface area contributed by atoms with E-state index in [1.807, 2.05) is 19.1 Å². The van der Waals surface area contributed by atoms with Crippen LogP contribution in [0.15, 0.2) is 59.1 Å². The SMILES string of the molecule is COc1c(C(=O)NS2(=O)=NC(=O)c3ccc4c(c3)N(C[C@@H]3CC[C@H]3[C@@H](OC)/C=C/C[C@H](C)C2)C[C@@]2(CCCc3cc(C)ccc32)CO4)c[n+](C)n1O. The first-order valence-electron chi connectivity index (χ1n) is 18.2. The van der Waals surface area contributed by atoms with Gasteiger partial charge in [-0.3, -0.25) is 14.3 Å². The second-order valence-corrected chi connectivity index (χ2v) is 17.2. The number of carbonyl (C=O) groups excluding carboxylic acids is 2. The summed E-state index contributed by atoms with van der Waals surface area (Å²) in [5.41, 5.74) is 4.76. The minimum absolute atomic E-state index is 0.0539. The molecule has 1 fully saturated rings. The molecule has 12 nitrogen and oxygen atoms in total. The Morgan fingerprint density at radius 3 is 2.77 bits per heavy atom. The van der Waals surface area contributed by atoms with E-state index in [9.17, 15) is 19.0 Å². The van der Waals surface area contributed by atoms with E-state index in [-0.39, 0.29) is 40.2 Å². The molecule has 278 valence electrons. The molecule has 3 heterocycles. The summed E-state index contributed by atoms with van der Waals surface area (Å²) < 4.78 is 40.6. The topological polar surface area (TPSA) is 136 Å². The molecule has 0 radical (unpaired) electrons. The highest BCUT2D eigenvalue weighted by molar-refractivity contribution is 7.92. The average molecular weight is 733 g/mol. The molecule has 13 heteroatoms. The van der Waals surface area contributed by atoms with Crippen LogP contribution in [-0.2, 0) is 33.5 Å².